The molecule has 0 saturated carbocycles. The lowest BCUT2D eigenvalue weighted by molar-refractivity contribution is 0.626. The summed E-state index contributed by atoms with van der Waals surface area (Å²) in [5.74, 6) is 5.70. The molecule has 1 aromatic rings. The second-order valence-corrected chi connectivity index (χ2v) is 3.68. The molecule has 0 amide bonds. The minimum atomic E-state index is -0.212. The highest BCUT2D eigenvalue weighted by Gasteiger charge is 1.96. The Morgan fingerprint density at radius 1 is 1.35 bits per heavy atom. The molecule has 0 aliphatic rings. The molecule has 4 nitrogen and oxygen atoms in total. The van der Waals surface area contributed by atoms with Crippen molar-refractivity contribution in [3.63, 3.8) is 0 Å². The Morgan fingerprint density at radius 3 is 2.65 bits per heavy atom. The van der Waals surface area contributed by atoms with E-state index in [-0.39, 0.29) is 5.82 Å². The first-order chi connectivity index (χ1) is 8.26. The highest BCUT2D eigenvalue weighted by molar-refractivity contribution is 5.79. The van der Waals surface area contributed by atoms with E-state index in [1.165, 1.54) is 12.1 Å². The lowest BCUT2D eigenvalue weighted by atomic mass is 10.1. The van der Waals surface area contributed by atoms with E-state index in [0.29, 0.717) is 12.5 Å². The number of hydrogen-bond donors (Lipinski definition) is 3. The summed E-state index contributed by atoms with van der Waals surface area (Å²) in [6, 6.07) is 6.47. The minimum Gasteiger partial charge on any atom is -0.355 e. The van der Waals surface area contributed by atoms with Crippen LogP contribution in [-0.2, 0) is 6.42 Å². The van der Waals surface area contributed by atoms with E-state index in [0.717, 1.165) is 24.9 Å². The molecule has 0 saturated heterocycles. The number of aliphatic imine (C=N–C) groups is 1. The van der Waals surface area contributed by atoms with Gasteiger partial charge in [-0.1, -0.05) is 19.1 Å². The number of hydrogen-bond acceptors (Lipinski definition) is 2. The highest BCUT2D eigenvalue weighted by Crippen LogP contribution is 2.02. The molecule has 0 fully saturated rings. The predicted molar refractivity (Wildman–Crippen MR) is 68.0 cm³/mol. The number of hydrazine groups is 1. The maximum atomic E-state index is 12.7. The average Bonchev–Trinajstić information content (AvgIpc) is 2.36. The summed E-state index contributed by atoms with van der Waals surface area (Å²) in [6.45, 7) is 3.50. The van der Waals surface area contributed by atoms with E-state index >= 15 is 0 Å². The van der Waals surface area contributed by atoms with Crippen molar-refractivity contribution < 1.29 is 4.39 Å². The molecule has 0 spiro atoms. The molecule has 0 aromatic heterocycles. The summed E-state index contributed by atoms with van der Waals surface area (Å²) in [5.41, 5.74) is 3.59. The van der Waals surface area contributed by atoms with Gasteiger partial charge in [0, 0.05) is 13.1 Å². The molecule has 4 N–H and O–H groups in total. The Kier molecular flexibility index (Phi) is 6.03. The van der Waals surface area contributed by atoms with E-state index in [9.17, 15) is 4.39 Å². The zero-order valence-electron chi connectivity index (χ0n) is 10.0. The molecule has 5 heteroatoms. The number of nitrogens with two attached hydrogens (primary N) is 1. The Morgan fingerprint density at radius 2 is 2.06 bits per heavy atom. The monoisotopic (exact) mass is 238 g/mol. The van der Waals surface area contributed by atoms with E-state index in [2.05, 4.69) is 22.7 Å². The van der Waals surface area contributed by atoms with Crippen LogP contribution in [0.3, 0.4) is 0 Å². The summed E-state index contributed by atoms with van der Waals surface area (Å²) in [6.07, 6.45) is 1.78. The van der Waals surface area contributed by atoms with Crippen LogP contribution in [-0.4, -0.2) is 19.0 Å². The summed E-state index contributed by atoms with van der Waals surface area (Å²) in [5, 5.41) is 3.09. The quantitative estimate of drug-likeness (QED) is 0.312. The van der Waals surface area contributed by atoms with Gasteiger partial charge in [0.05, 0.1) is 0 Å². The van der Waals surface area contributed by atoms with E-state index in [4.69, 9.17) is 5.84 Å². The summed E-state index contributed by atoms with van der Waals surface area (Å²) < 4.78 is 12.7. The van der Waals surface area contributed by atoms with Crippen molar-refractivity contribution in [2.75, 3.05) is 13.1 Å². The maximum absolute atomic E-state index is 12.7. The van der Waals surface area contributed by atoms with Gasteiger partial charge in [0.25, 0.3) is 0 Å². The third kappa shape index (κ3) is 5.31. The Hall–Kier alpha value is -1.62. The van der Waals surface area contributed by atoms with Crippen LogP contribution in [0.5, 0.6) is 0 Å². The van der Waals surface area contributed by atoms with Gasteiger partial charge in [-0.2, -0.15) is 0 Å². The van der Waals surface area contributed by atoms with Gasteiger partial charge in [-0.15, -0.1) is 0 Å². The number of halogens is 1. The summed E-state index contributed by atoms with van der Waals surface area (Å²) in [7, 11) is 0. The normalized spacial score (nSPS) is 11.4. The van der Waals surface area contributed by atoms with E-state index in [1.807, 2.05) is 0 Å². The predicted octanol–water partition coefficient (Wildman–Crippen LogP) is 1.19. The van der Waals surface area contributed by atoms with Crippen molar-refractivity contribution in [3.05, 3.63) is 35.6 Å². The van der Waals surface area contributed by atoms with Gasteiger partial charge in [0.15, 0.2) is 0 Å². The zero-order valence-corrected chi connectivity index (χ0v) is 10.0. The lowest BCUT2D eigenvalue weighted by Gasteiger charge is -2.08. The molecule has 1 aromatic carbocycles. The van der Waals surface area contributed by atoms with Crippen molar-refractivity contribution in [3.8, 4) is 0 Å². The van der Waals surface area contributed by atoms with Gasteiger partial charge in [-0.05, 0) is 30.5 Å². The van der Waals surface area contributed by atoms with Crippen molar-refractivity contribution in [2.24, 2.45) is 10.8 Å². The minimum absolute atomic E-state index is 0.212. The molecule has 94 valence electrons. The lowest BCUT2D eigenvalue weighted by Crippen LogP contribution is -2.42. The van der Waals surface area contributed by atoms with Gasteiger partial charge in [0.1, 0.15) is 5.82 Å². The third-order valence-electron chi connectivity index (χ3n) is 2.25. The maximum Gasteiger partial charge on any atom is 0.205 e. The fourth-order valence-corrected chi connectivity index (χ4v) is 1.35. The average molecular weight is 238 g/mol. The molecule has 0 aliphatic heterocycles. The molecule has 0 radical (unpaired) electrons. The Bertz CT molecular complexity index is 348. The smallest absolute Gasteiger partial charge is 0.205 e. The van der Waals surface area contributed by atoms with Crippen LogP contribution in [0, 0.1) is 5.82 Å². The first kappa shape index (κ1) is 13.4. The molecule has 0 atom stereocenters. The first-order valence-corrected chi connectivity index (χ1v) is 5.75. The third-order valence-corrected chi connectivity index (χ3v) is 2.25. The van der Waals surface area contributed by atoms with Gasteiger partial charge < -0.3 is 5.32 Å². The van der Waals surface area contributed by atoms with Crippen molar-refractivity contribution in [1.29, 1.82) is 0 Å². The number of guanidine groups is 1. The number of benzene rings is 1. The molecule has 17 heavy (non-hydrogen) atoms. The molecular weight excluding hydrogens is 219 g/mol. The second-order valence-electron chi connectivity index (χ2n) is 3.68. The molecule has 0 bridgehead atoms. The van der Waals surface area contributed by atoms with Crippen molar-refractivity contribution in [2.45, 2.75) is 19.8 Å². The fourth-order valence-electron chi connectivity index (χ4n) is 1.35. The zero-order chi connectivity index (χ0) is 12.5. The number of nitrogens with one attached hydrogen (secondary N) is 2. The van der Waals surface area contributed by atoms with Crippen LogP contribution in [0.2, 0.25) is 0 Å². The van der Waals surface area contributed by atoms with Crippen molar-refractivity contribution in [1.82, 2.24) is 10.7 Å². The van der Waals surface area contributed by atoms with Crippen LogP contribution in [0.4, 0.5) is 4.39 Å². The molecule has 0 aliphatic carbocycles. The molecule has 0 unspecified atom stereocenters. The standard InChI is InChI=1S/C12H19FN4/c1-2-8-15-12(17-14)16-9-7-10-3-5-11(13)6-4-10/h3-6H,2,7-9,14H2,1H3,(H2,15,16,17). The highest BCUT2D eigenvalue weighted by atomic mass is 19.1. The van der Waals surface area contributed by atoms with Gasteiger partial charge in [0.2, 0.25) is 5.96 Å². The Balaban J connectivity index is 2.33. The number of nitrogens with zero attached hydrogens (tertiary/aromatic N) is 1. The second kappa shape index (κ2) is 7.62. The van der Waals surface area contributed by atoms with Crippen LogP contribution < -0.4 is 16.6 Å². The molecule has 0 heterocycles. The molecular formula is C12H19FN4. The van der Waals surface area contributed by atoms with E-state index < -0.39 is 0 Å². The largest absolute Gasteiger partial charge is 0.355 e. The topological polar surface area (TPSA) is 62.4 Å². The molecule has 1 rings (SSSR count). The van der Waals surface area contributed by atoms with Crippen LogP contribution >= 0.6 is 0 Å². The van der Waals surface area contributed by atoms with Crippen LogP contribution in [0.25, 0.3) is 0 Å². The van der Waals surface area contributed by atoms with Crippen molar-refractivity contribution >= 4 is 5.96 Å². The van der Waals surface area contributed by atoms with Gasteiger partial charge >= 0.3 is 0 Å². The Labute approximate surface area is 101 Å². The van der Waals surface area contributed by atoms with Crippen LogP contribution in [0.15, 0.2) is 29.3 Å². The fraction of sp³-hybridized carbons (Fsp3) is 0.417. The number of rotatable bonds is 5. The first-order valence-electron chi connectivity index (χ1n) is 5.75. The SMILES string of the molecule is CCCN=C(NN)NCCc1ccc(F)cc1. The van der Waals surface area contributed by atoms with Crippen LogP contribution in [0.1, 0.15) is 18.9 Å². The summed E-state index contributed by atoms with van der Waals surface area (Å²) in [4.78, 5) is 4.22. The summed E-state index contributed by atoms with van der Waals surface area (Å²) >= 11 is 0. The van der Waals surface area contributed by atoms with E-state index in [1.54, 1.807) is 12.1 Å². The van der Waals surface area contributed by atoms with Gasteiger partial charge in [-0.25, -0.2) is 10.2 Å². The van der Waals surface area contributed by atoms with Gasteiger partial charge in [-0.3, -0.25) is 10.4 Å².